The lowest BCUT2D eigenvalue weighted by Gasteiger charge is -2.31. The van der Waals surface area contributed by atoms with Crippen LogP contribution >= 0.6 is 11.6 Å². The average molecular weight is 450 g/mol. The fourth-order valence-corrected chi connectivity index (χ4v) is 4.64. The van der Waals surface area contributed by atoms with Gasteiger partial charge in [-0.05, 0) is 43.0 Å². The minimum absolute atomic E-state index is 0.0742. The minimum Gasteiger partial charge on any atom is -0.304 e. The Labute approximate surface area is 179 Å². The van der Waals surface area contributed by atoms with Crippen LogP contribution in [0.15, 0.2) is 53.4 Å². The number of hydrogen-bond donors (Lipinski definition) is 0. The van der Waals surface area contributed by atoms with Gasteiger partial charge in [0.15, 0.2) is 5.78 Å². The third-order valence-electron chi connectivity index (χ3n) is 4.83. The number of sulfonamides is 1. The Balaban J connectivity index is 1.75. The van der Waals surface area contributed by atoms with E-state index in [9.17, 15) is 23.3 Å². The van der Waals surface area contributed by atoms with Crippen LogP contribution in [0.4, 0.5) is 5.69 Å². The molecule has 1 fully saturated rings. The van der Waals surface area contributed by atoms with Crippen LogP contribution < -0.4 is 0 Å². The van der Waals surface area contributed by atoms with Crippen molar-refractivity contribution < 1.29 is 18.1 Å². The third kappa shape index (κ3) is 4.93. The molecule has 2 aromatic carbocycles. The normalized spacial score (nSPS) is 16.1. The summed E-state index contributed by atoms with van der Waals surface area (Å²) in [6, 6.07) is 9.99. The summed E-state index contributed by atoms with van der Waals surface area (Å²) in [5, 5.41) is 11.3. The van der Waals surface area contributed by atoms with Crippen LogP contribution in [0.2, 0.25) is 5.02 Å². The number of benzene rings is 2. The highest BCUT2D eigenvalue weighted by atomic mass is 35.5. The van der Waals surface area contributed by atoms with Gasteiger partial charge in [-0.1, -0.05) is 29.8 Å². The molecule has 158 valence electrons. The van der Waals surface area contributed by atoms with Crippen LogP contribution in [-0.4, -0.2) is 61.6 Å². The van der Waals surface area contributed by atoms with E-state index in [4.69, 9.17) is 11.6 Å². The number of ketones is 1. The summed E-state index contributed by atoms with van der Waals surface area (Å²) in [7, 11) is -1.62. The number of halogens is 1. The van der Waals surface area contributed by atoms with E-state index in [1.165, 1.54) is 40.7 Å². The Kier molecular flexibility index (Phi) is 6.67. The second kappa shape index (κ2) is 9.05. The Morgan fingerprint density at radius 3 is 2.33 bits per heavy atom. The van der Waals surface area contributed by atoms with E-state index < -0.39 is 20.7 Å². The quantitative estimate of drug-likeness (QED) is 0.291. The van der Waals surface area contributed by atoms with Gasteiger partial charge in [0.1, 0.15) is 0 Å². The molecule has 1 saturated heterocycles. The van der Waals surface area contributed by atoms with E-state index in [0.29, 0.717) is 31.7 Å². The van der Waals surface area contributed by atoms with Crippen molar-refractivity contribution in [1.82, 2.24) is 9.21 Å². The predicted octanol–water partition coefficient (Wildman–Crippen LogP) is 3.08. The first-order valence-electron chi connectivity index (χ1n) is 9.13. The number of piperazine rings is 1. The minimum atomic E-state index is -3.57. The summed E-state index contributed by atoms with van der Waals surface area (Å²) < 4.78 is 27.0. The molecule has 0 atom stereocenters. The molecule has 0 amide bonds. The van der Waals surface area contributed by atoms with Crippen LogP contribution in [-0.2, 0) is 10.0 Å². The van der Waals surface area contributed by atoms with Gasteiger partial charge in [-0.15, -0.1) is 0 Å². The summed E-state index contributed by atoms with van der Waals surface area (Å²) in [6.45, 7) is 2.24. The molecule has 1 heterocycles. The summed E-state index contributed by atoms with van der Waals surface area (Å²) >= 11 is 5.76. The number of rotatable bonds is 6. The molecule has 0 unspecified atom stereocenters. The number of carbonyl (C=O) groups is 1. The molecule has 0 bridgehead atoms. The molecule has 8 nitrogen and oxygen atoms in total. The topological polar surface area (TPSA) is 101 Å². The van der Waals surface area contributed by atoms with Gasteiger partial charge in [0.25, 0.3) is 5.69 Å². The largest absolute Gasteiger partial charge is 0.304 e. The fourth-order valence-electron chi connectivity index (χ4n) is 3.05. The van der Waals surface area contributed by atoms with Crippen molar-refractivity contribution in [3.8, 4) is 0 Å². The molecule has 0 N–H and O–H groups in total. The summed E-state index contributed by atoms with van der Waals surface area (Å²) in [5.74, 6) is -0.549. The first-order valence-corrected chi connectivity index (χ1v) is 11.0. The number of nitro benzene ring substituents is 1. The summed E-state index contributed by atoms with van der Waals surface area (Å²) in [6.07, 6.45) is 2.69. The second-order valence-electron chi connectivity index (χ2n) is 6.89. The first kappa shape index (κ1) is 22.1. The van der Waals surface area contributed by atoms with Gasteiger partial charge in [0.05, 0.1) is 15.4 Å². The fraction of sp³-hybridized carbons (Fsp3) is 0.250. The molecule has 0 radical (unpaired) electrons. The number of carbonyl (C=O) groups excluding carboxylic acids is 1. The van der Waals surface area contributed by atoms with Crippen LogP contribution in [0, 0.1) is 10.1 Å². The van der Waals surface area contributed by atoms with E-state index in [1.807, 2.05) is 7.05 Å². The number of nitro groups is 1. The van der Waals surface area contributed by atoms with Gasteiger partial charge in [-0.3, -0.25) is 14.9 Å². The molecular formula is C20H20ClN3O5S. The Bertz CT molecular complexity index is 1090. The number of hydrogen-bond acceptors (Lipinski definition) is 6. The molecule has 0 aromatic heterocycles. The van der Waals surface area contributed by atoms with Crippen LogP contribution in [0.25, 0.3) is 6.08 Å². The Morgan fingerprint density at radius 2 is 1.73 bits per heavy atom. The lowest BCUT2D eigenvalue weighted by Crippen LogP contribution is -2.46. The molecule has 0 spiro atoms. The summed E-state index contributed by atoms with van der Waals surface area (Å²) in [5.41, 5.74) is 0.151. The zero-order chi connectivity index (χ0) is 21.9. The van der Waals surface area contributed by atoms with Gasteiger partial charge in [0, 0.05) is 37.3 Å². The monoisotopic (exact) mass is 449 g/mol. The number of allylic oxidation sites excluding steroid dienone is 1. The van der Waals surface area contributed by atoms with Gasteiger partial charge in [-0.2, -0.15) is 4.31 Å². The van der Waals surface area contributed by atoms with Crippen molar-refractivity contribution in [3.05, 3.63) is 74.8 Å². The van der Waals surface area contributed by atoms with Crippen LogP contribution in [0.1, 0.15) is 15.9 Å². The Hall–Kier alpha value is -2.59. The van der Waals surface area contributed by atoms with Crippen molar-refractivity contribution >= 4 is 39.2 Å². The van der Waals surface area contributed by atoms with Gasteiger partial charge >= 0.3 is 0 Å². The molecule has 0 saturated carbocycles. The lowest BCUT2D eigenvalue weighted by molar-refractivity contribution is -0.385. The highest BCUT2D eigenvalue weighted by molar-refractivity contribution is 7.89. The third-order valence-corrected chi connectivity index (χ3v) is 6.98. The SMILES string of the molecule is CN1CCN(S(=O)(=O)c2ccc(C=CC(=O)c3ccc(Cl)cc3[N+](=O)[O-])cc2)CC1. The summed E-state index contributed by atoms with van der Waals surface area (Å²) in [4.78, 5) is 25.1. The molecule has 3 rings (SSSR count). The van der Waals surface area contributed by atoms with Crippen molar-refractivity contribution in [1.29, 1.82) is 0 Å². The molecular weight excluding hydrogens is 430 g/mol. The van der Waals surface area contributed by atoms with E-state index >= 15 is 0 Å². The number of likely N-dealkylation sites (N-methyl/N-ethyl adjacent to an activating group) is 1. The maximum atomic E-state index is 12.7. The molecule has 1 aliphatic rings. The van der Waals surface area contributed by atoms with E-state index in [1.54, 1.807) is 12.1 Å². The molecule has 2 aromatic rings. The molecule has 10 heteroatoms. The van der Waals surface area contributed by atoms with Crippen molar-refractivity contribution in [2.24, 2.45) is 0 Å². The second-order valence-corrected chi connectivity index (χ2v) is 9.27. The molecule has 30 heavy (non-hydrogen) atoms. The van der Waals surface area contributed by atoms with Crippen molar-refractivity contribution in [2.75, 3.05) is 33.2 Å². The maximum Gasteiger partial charge on any atom is 0.282 e. The van der Waals surface area contributed by atoms with Crippen LogP contribution in [0.3, 0.4) is 0 Å². The van der Waals surface area contributed by atoms with Crippen LogP contribution in [0.5, 0.6) is 0 Å². The standard InChI is InChI=1S/C20H20ClN3O5S/c1-22-10-12-23(13-11-22)30(28,29)17-6-2-15(3-7-17)4-9-20(25)18-8-5-16(21)14-19(18)24(26)27/h2-9,14H,10-13H2,1H3. The lowest BCUT2D eigenvalue weighted by atomic mass is 10.1. The smallest absolute Gasteiger partial charge is 0.282 e. The van der Waals surface area contributed by atoms with E-state index in [-0.39, 0.29) is 21.2 Å². The zero-order valence-electron chi connectivity index (χ0n) is 16.2. The highest BCUT2D eigenvalue weighted by Crippen LogP contribution is 2.24. The maximum absolute atomic E-state index is 12.7. The number of nitrogens with zero attached hydrogens (tertiary/aromatic N) is 3. The van der Waals surface area contributed by atoms with Gasteiger partial charge < -0.3 is 4.90 Å². The van der Waals surface area contributed by atoms with Gasteiger partial charge in [0.2, 0.25) is 10.0 Å². The highest BCUT2D eigenvalue weighted by Gasteiger charge is 2.27. The van der Waals surface area contributed by atoms with Crippen molar-refractivity contribution in [3.63, 3.8) is 0 Å². The van der Waals surface area contributed by atoms with E-state index in [0.717, 1.165) is 6.07 Å². The molecule has 0 aliphatic carbocycles. The van der Waals surface area contributed by atoms with E-state index in [2.05, 4.69) is 4.90 Å². The first-order chi connectivity index (χ1) is 14.2. The molecule has 1 aliphatic heterocycles. The van der Waals surface area contributed by atoms with Crippen molar-refractivity contribution in [2.45, 2.75) is 4.90 Å². The zero-order valence-corrected chi connectivity index (χ0v) is 17.8. The van der Waals surface area contributed by atoms with Gasteiger partial charge in [-0.25, -0.2) is 8.42 Å². The average Bonchev–Trinajstić information content (AvgIpc) is 2.72. The predicted molar refractivity (Wildman–Crippen MR) is 114 cm³/mol. The Morgan fingerprint density at radius 1 is 1.10 bits per heavy atom.